The fourth-order valence-corrected chi connectivity index (χ4v) is 3.62. The number of aliphatic imine (C=N–C) groups is 1. The van der Waals surface area contributed by atoms with E-state index in [-0.39, 0.29) is 41.8 Å². The van der Waals surface area contributed by atoms with Crippen molar-refractivity contribution in [2.24, 2.45) is 10.9 Å². The monoisotopic (exact) mass is 570 g/mol. The molecule has 1 unspecified atom stereocenters. The molecule has 0 spiro atoms. The lowest BCUT2D eigenvalue weighted by atomic mass is 10.1. The number of carbonyl (C=O) groups is 1. The molecule has 1 aliphatic rings. The molecule has 1 atom stereocenters. The van der Waals surface area contributed by atoms with Gasteiger partial charge < -0.3 is 15.5 Å². The van der Waals surface area contributed by atoms with Gasteiger partial charge in [0.15, 0.2) is 5.96 Å². The van der Waals surface area contributed by atoms with Crippen molar-refractivity contribution in [3.05, 3.63) is 33.3 Å². The average molecular weight is 572 g/mol. The quantitative estimate of drug-likeness (QED) is 0.308. The van der Waals surface area contributed by atoms with Crippen molar-refractivity contribution in [1.82, 2.24) is 15.5 Å². The number of nitrogens with one attached hydrogen (secondary N) is 2. The normalized spacial score (nSPS) is 17.0. The van der Waals surface area contributed by atoms with Crippen molar-refractivity contribution in [1.29, 1.82) is 0 Å². The van der Waals surface area contributed by atoms with Gasteiger partial charge in [0.25, 0.3) is 0 Å². The second kappa shape index (κ2) is 12.1. The van der Waals surface area contributed by atoms with Gasteiger partial charge in [-0.3, -0.25) is 9.79 Å². The summed E-state index contributed by atoms with van der Waals surface area (Å²) in [5.41, 5.74) is 1.15. The van der Waals surface area contributed by atoms with Crippen molar-refractivity contribution in [3.63, 3.8) is 0 Å². The first-order valence-corrected chi connectivity index (χ1v) is 10.3. The van der Waals surface area contributed by atoms with Gasteiger partial charge in [-0.25, -0.2) is 0 Å². The first-order valence-electron chi connectivity index (χ1n) is 9.18. The van der Waals surface area contributed by atoms with Crippen LogP contribution in [-0.2, 0) is 11.2 Å². The van der Waals surface area contributed by atoms with E-state index in [1.54, 1.807) is 0 Å². The Morgan fingerprint density at radius 2 is 2.19 bits per heavy atom. The highest BCUT2D eigenvalue weighted by Crippen LogP contribution is 2.21. The maximum absolute atomic E-state index is 12.1. The van der Waals surface area contributed by atoms with E-state index in [1.165, 1.54) is 0 Å². The SMILES string of the molecule is CCNC(=NCCc1cc(Cl)ccc1Br)NC1CCN(C(=O)C(C)C)C1.I. The summed E-state index contributed by atoms with van der Waals surface area (Å²) in [6, 6.07) is 6.04. The summed E-state index contributed by atoms with van der Waals surface area (Å²) in [7, 11) is 0. The molecule has 0 radical (unpaired) electrons. The van der Waals surface area contributed by atoms with E-state index in [0.29, 0.717) is 6.54 Å². The average Bonchev–Trinajstić information content (AvgIpc) is 3.05. The third kappa shape index (κ3) is 7.77. The minimum absolute atomic E-state index is 0. The number of hydrogen-bond acceptors (Lipinski definition) is 2. The van der Waals surface area contributed by atoms with Crippen LogP contribution in [0.1, 0.15) is 32.8 Å². The van der Waals surface area contributed by atoms with Crippen LogP contribution in [0, 0.1) is 5.92 Å². The number of amides is 1. The second-order valence-corrected chi connectivity index (χ2v) is 8.11. The molecular formula is C19H29BrClIN4O. The summed E-state index contributed by atoms with van der Waals surface area (Å²) in [5, 5.41) is 7.48. The molecule has 1 heterocycles. The highest BCUT2D eigenvalue weighted by molar-refractivity contribution is 14.0. The Labute approximate surface area is 192 Å². The Balaban J connectivity index is 0.00000364. The minimum Gasteiger partial charge on any atom is -0.357 e. The van der Waals surface area contributed by atoms with Crippen LogP contribution in [-0.4, -0.2) is 49.0 Å². The van der Waals surface area contributed by atoms with Crippen LogP contribution in [0.15, 0.2) is 27.7 Å². The molecule has 1 aromatic carbocycles. The molecule has 0 saturated carbocycles. The van der Waals surface area contributed by atoms with E-state index < -0.39 is 0 Å². The lowest BCUT2D eigenvalue weighted by molar-refractivity contribution is -0.133. The van der Waals surface area contributed by atoms with Crippen LogP contribution >= 0.6 is 51.5 Å². The van der Waals surface area contributed by atoms with Gasteiger partial charge in [0.2, 0.25) is 5.91 Å². The molecule has 0 aliphatic carbocycles. The van der Waals surface area contributed by atoms with Gasteiger partial charge in [0, 0.05) is 47.6 Å². The summed E-state index contributed by atoms with van der Waals surface area (Å²) in [6.07, 6.45) is 1.75. The molecule has 2 rings (SSSR count). The maximum Gasteiger partial charge on any atom is 0.225 e. The zero-order valence-corrected chi connectivity index (χ0v) is 20.8. The van der Waals surface area contributed by atoms with Gasteiger partial charge in [0.05, 0.1) is 0 Å². The van der Waals surface area contributed by atoms with Gasteiger partial charge in [-0.15, -0.1) is 24.0 Å². The number of guanidine groups is 1. The summed E-state index contributed by atoms with van der Waals surface area (Å²) in [6.45, 7) is 8.95. The Hall–Kier alpha value is -0.540. The number of benzene rings is 1. The van der Waals surface area contributed by atoms with E-state index in [0.717, 1.165) is 53.5 Å². The number of rotatable bonds is 6. The molecule has 0 bridgehead atoms. The fraction of sp³-hybridized carbons (Fsp3) is 0.579. The highest BCUT2D eigenvalue weighted by atomic mass is 127. The van der Waals surface area contributed by atoms with Crippen molar-refractivity contribution in [2.45, 2.75) is 39.7 Å². The van der Waals surface area contributed by atoms with Crippen LogP contribution in [0.5, 0.6) is 0 Å². The Kier molecular flexibility index (Phi) is 11.0. The van der Waals surface area contributed by atoms with Crippen molar-refractivity contribution < 1.29 is 4.79 Å². The van der Waals surface area contributed by atoms with E-state index >= 15 is 0 Å². The second-order valence-electron chi connectivity index (χ2n) is 6.82. The summed E-state index contributed by atoms with van der Waals surface area (Å²) in [4.78, 5) is 18.7. The van der Waals surface area contributed by atoms with Gasteiger partial charge >= 0.3 is 0 Å². The Morgan fingerprint density at radius 1 is 1.44 bits per heavy atom. The third-order valence-electron chi connectivity index (χ3n) is 4.34. The number of likely N-dealkylation sites (tertiary alicyclic amines) is 1. The minimum atomic E-state index is 0. The molecule has 152 valence electrons. The van der Waals surface area contributed by atoms with Gasteiger partial charge in [0.1, 0.15) is 0 Å². The predicted molar refractivity (Wildman–Crippen MR) is 127 cm³/mol. The summed E-state index contributed by atoms with van der Waals surface area (Å²) in [5.74, 6) is 1.07. The number of halogens is 3. The van der Waals surface area contributed by atoms with Crippen molar-refractivity contribution in [3.8, 4) is 0 Å². The topological polar surface area (TPSA) is 56.7 Å². The molecule has 0 aromatic heterocycles. The molecule has 8 heteroatoms. The largest absolute Gasteiger partial charge is 0.357 e. The molecule has 2 N–H and O–H groups in total. The van der Waals surface area contributed by atoms with E-state index in [1.807, 2.05) is 43.9 Å². The number of nitrogens with zero attached hydrogens (tertiary/aromatic N) is 2. The first kappa shape index (κ1) is 24.5. The summed E-state index contributed by atoms with van der Waals surface area (Å²) >= 11 is 9.62. The van der Waals surface area contributed by atoms with Crippen LogP contribution in [0.25, 0.3) is 0 Å². The van der Waals surface area contributed by atoms with E-state index in [9.17, 15) is 4.79 Å². The van der Waals surface area contributed by atoms with Crippen LogP contribution in [0.4, 0.5) is 0 Å². The molecular weight excluding hydrogens is 542 g/mol. The number of carbonyl (C=O) groups excluding carboxylic acids is 1. The molecule has 1 aromatic rings. The smallest absolute Gasteiger partial charge is 0.225 e. The van der Waals surface area contributed by atoms with Gasteiger partial charge in [-0.1, -0.05) is 41.4 Å². The van der Waals surface area contributed by atoms with Crippen LogP contribution in [0.3, 0.4) is 0 Å². The zero-order valence-electron chi connectivity index (χ0n) is 16.1. The third-order valence-corrected chi connectivity index (χ3v) is 5.35. The van der Waals surface area contributed by atoms with Crippen LogP contribution < -0.4 is 10.6 Å². The Morgan fingerprint density at radius 3 is 2.85 bits per heavy atom. The van der Waals surface area contributed by atoms with Crippen LogP contribution in [0.2, 0.25) is 5.02 Å². The molecule has 1 saturated heterocycles. The molecule has 1 amide bonds. The van der Waals surface area contributed by atoms with Gasteiger partial charge in [-0.2, -0.15) is 0 Å². The molecule has 27 heavy (non-hydrogen) atoms. The standard InChI is InChI=1S/C19H28BrClN4O.HI/c1-4-22-19(23-9-7-14-11-15(21)5-6-17(14)20)24-16-8-10-25(12-16)18(26)13(2)3;/h5-6,11,13,16H,4,7-10,12H2,1-3H3,(H2,22,23,24);1H. The lowest BCUT2D eigenvalue weighted by Crippen LogP contribution is -2.45. The predicted octanol–water partition coefficient (Wildman–Crippen LogP) is 4.08. The summed E-state index contributed by atoms with van der Waals surface area (Å²) < 4.78 is 1.05. The number of hydrogen-bond donors (Lipinski definition) is 2. The van der Waals surface area contributed by atoms with E-state index in [4.69, 9.17) is 11.6 Å². The van der Waals surface area contributed by atoms with E-state index in [2.05, 4.69) is 31.6 Å². The maximum atomic E-state index is 12.1. The van der Waals surface area contributed by atoms with Crippen molar-refractivity contribution in [2.75, 3.05) is 26.2 Å². The first-order chi connectivity index (χ1) is 12.4. The fourth-order valence-electron chi connectivity index (χ4n) is 2.98. The van der Waals surface area contributed by atoms with Crippen molar-refractivity contribution >= 4 is 63.4 Å². The molecule has 5 nitrogen and oxygen atoms in total. The molecule has 1 fully saturated rings. The Bertz CT molecular complexity index is 657. The van der Waals surface area contributed by atoms with Gasteiger partial charge in [-0.05, 0) is 43.5 Å². The molecule has 1 aliphatic heterocycles. The lowest BCUT2D eigenvalue weighted by Gasteiger charge is -2.20. The highest BCUT2D eigenvalue weighted by Gasteiger charge is 2.27. The zero-order chi connectivity index (χ0) is 19.1.